The van der Waals surface area contributed by atoms with Gasteiger partial charge in [0.15, 0.2) is 0 Å². The fourth-order valence-corrected chi connectivity index (χ4v) is 2.40. The lowest BCUT2D eigenvalue weighted by molar-refractivity contribution is -0.139. The van der Waals surface area contributed by atoms with E-state index in [4.69, 9.17) is 5.11 Å². The van der Waals surface area contributed by atoms with Gasteiger partial charge in [-0.15, -0.1) is 12.4 Å². The highest BCUT2D eigenvalue weighted by Gasteiger charge is 2.16. The van der Waals surface area contributed by atoms with E-state index < -0.39 is 12.0 Å². The second kappa shape index (κ2) is 10.5. The van der Waals surface area contributed by atoms with Crippen molar-refractivity contribution in [3.63, 3.8) is 0 Å². The van der Waals surface area contributed by atoms with Crippen molar-refractivity contribution in [3.05, 3.63) is 54.6 Å². The zero-order chi connectivity index (χ0) is 17.4. The maximum Gasteiger partial charge on any atom is 0.320 e. The van der Waals surface area contributed by atoms with Gasteiger partial charge >= 0.3 is 5.97 Å². The van der Waals surface area contributed by atoms with E-state index in [9.17, 15) is 9.59 Å². The summed E-state index contributed by atoms with van der Waals surface area (Å²) in [5.74, 6) is -1.19. The molecule has 0 fully saturated rings. The van der Waals surface area contributed by atoms with E-state index in [0.717, 1.165) is 17.5 Å². The normalized spacial score (nSPS) is 11.2. The Bertz CT molecular complexity index is 675. The Morgan fingerprint density at radius 1 is 1.00 bits per heavy atom. The predicted molar refractivity (Wildman–Crippen MR) is 102 cm³/mol. The van der Waals surface area contributed by atoms with Gasteiger partial charge in [-0.05, 0) is 29.7 Å². The van der Waals surface area contributed by atoms with Crippen molar-refractivity contribution < 1.29 is 14.7 Å². The van der Waals surface area contributed by atoms with Crippen molar-refractivity contribution in [1.29, 1.82) is 0 Å². The maximum atomic E-state index is 11.9. The van der Waals surface area contributed by atoms with E-state index in [1.165, 1.54) is 0 Å². The topological polar surface area (TPSA) is 78.4 Å². The Labute approximate surface area is 153 Å². The molecule has 0 radical (unpaired) electrons. The fraction of sp³-hybridized carbons (Fsp3) is 0.263. The minimum atomic E-state index is -0.933. The van der Waals surface area contributed by atoms with Crippen LogP contribution < -0.4 is 10.6 Å². The predicted octanol–water partition coefficient (Wildman–Crippen LogP) is 3.56. The Morgan fingerprint density at radius 2 is 1.60 bits per heavy atom. The SMILES string of the molecule is CCCC(NCC(=O)Nc1ccc(-c2ccccc2)cc1)C(=O)O.Cl. The number of aliphatic carboxylic acids is 1. The number of nitrogens with one attached hydrogen (secondary N) is 2. The molecule has 0 aromatic heterocycles. The number of rotatable bonds is 8. The van der Waals surface area contributed by atoms with Crippen molar-refractivity contribution in [2.45, 2.75) is 25.8 Å². The Morgan fingerprint density at radius 3 is 2.16 bits per heavy atom. The average molecular weight is 363 g/mol. The van der Waals surface area contributed by atoms with E-state index in [1.807, 2.05) is 61.5 Å². The van der Waals surface area contributed by atoms with Crippen molar-refractivity contribution >= 4 is 30.0 Å². The third kappa shape index (κ3) is 6.57. The van der Waals surface area contributed by atoms with Gasteiger partial charge in [-0.2, -0.15) is 0 Å². The molecule has 1 unspecified atom stereocenters. The molecule has 1 amide bonds. The van der Waals surface area contributed by atoms with Gasteiger partial charge in [-0.3, -0.25) is 14.9 Å². The highest BCUT2D eigenvalue weighted by Crippen LogP contribution is 2.20. The number of carbonyl (C=O) groups excluding carboxylic acids is 1. The summed E-state index contributed by atoms with van der Waals surface area (Å²) in [4.78, 5) is 23.0. The van der Waals surface area contributed by atoms with Crippen LogP contribution in [0.5, 0.6) is 0 Å². The monoisotopic (exact) mass is 362 g/mol. The molecule has 3 N–H and O–H groups in total. The molecule has 25 heavy (non-hydrogen) atoms. The van der Waals surface area contributed by atoms with Crippen LogP contribution in [0.15, 0.2) is 54.6 Å². The minimum absolute atomic E-state index is 0. The lowest BCUT2D eigenvalue weighted by Crippen LogP contribution is -2.41. The largest absolute Gasteiger partial charge is 0.480 e. The van der Waals surface area contributed by atoms with E-state index >= 15 is 0 Å². The van der Waals surface area contributed by atoms with Crippen molar-refractivity contribution in [3.8, 4) is 11.1 Å². The standard InChI is InChI=1S/C19H22N2O3.ClH/c1-2-6-17(19(23)24)20-13-18(22)21-16-11-9-15(10-12-16)14-7-4-3-5-8-14;/h3-5,7-12,17,20H,2,6,13H2,1H3,(H,21,22)(H,23,24);1H. The summed E-state index contributed by atoms with van der Waals surface area (Å²) in [6.07, 6.45) is 1.24. The summed E-state index contributed by atoms with van der Waals surface area (Å²) >= 11 is 0. The first-order valence-electron chi connectivity index (χ1n) is 8.01. The zero-order valence-corrected chi connectivity index (χ0v) is 14.9. The van der Waals surface area contributed by atoms with Crippen molar-refractivity contribution in [2.75, 3.05) is 11.9 Å². The molecule has 0 aliphatic rings. The second-order valence-corrected chi connectivity index (χ2v) is 5.55. The first-order valence-corrected chi connectivity index (χ1v) is 8.01. The van der Waals surface area contributed by atoms with Crippen LogP contribution in [0.4, 0.5) is 5.69 Å². The molecule has 0 spiro atoms. The molecule has 134 valence electrons. The van der Waals surface area contributed by atoms with Crippen LogP contribution in [0.3, 0.4) is 0 Å². The van der Waals surface area contributed by atoms with Crippen LogP contribution in [-0.4, -0.2) is 29.6 Å². The number of carbonyl (C=O) groups is 2. The molecular formula is C19H23ClN2O3. The molecule has 0 aliphatic heterocycles. The van der Waals surface area contributed by atoms with E-state index in [1.54, 1.807) is 0 Å². The smallest absolute Gasteiger partial charge is 0.320 e. The van der Waals surface area contributed by atoms with Crippen LogP contribution in [-0.2, 0) is 9.59 Å². The van der Waals surface area contributed by atoms with Crippen molar-refractivity contribution in [2.24, 2.45) is 0 Å². The molecule has 1 atom stereocenters. The van der Waals surface area contributed by atoms with Crippen LogP contribution in [0.2, 0.25) is 0 Å². The summed E-state index contributed by atoms with van der Waals surface area (Å²) in [7, 11) is 0. The molecule has 0 saturated carbocycles. The minimum Gasteiger partial charge on any atom is -0.480 e. The highest BCUT2D eigenvalue weighted by atomic mass is 35.5. The van der Waals surface area contributed by atoms with Crippen LogP contribution >= 0.6 is 12.4 Å². The quantitative estimate of drug-likeness (QED) is 0.671. The van der Waals surface area contributed by atoms with Gasteiger partial charge in [0, 0.05) is 5.69 Å². The van der Waals surface area contributed by atoms with Gasteiger partial charge in [0.1, 0.15) is 6.04 Å². The molecular weight excluding hydrogens is 340 g/mol. The van der Waals surface area contributed by atoms with Gasteiger partial charge in [-0.25, -0.2) is 0 Å². The molecule has 0 bridgehead atoms. The number of hydrogen-bond donors (Lipinski definition) is 3. The summed E-state index contributed by atoms with van der Waals surface area (Å²) in [5, 5.41) is 14.6. The Kier molecular flexibility index (Phi) is 8.67. The summed E-state index contributed by atoms with van der Waals surface area (Å²) in [6, 6.07) is 16.8. The summed E-state index contributed by atoms with van der Waals surface area (Å²) in [5.41, 5.74) is 2.87. The number of amides is 1. The Balaban J connectivity index is 0.00000312. The van der Waals surface area contributed by atoms with Gasteiger partial charge in [0.25, 0.3) is 0 Å². The van der Waals surface area contributed by atoms with E-state index in [-0.39, 0.29) is 24.9 Å². The average Bonchev–Trinajstić information content (AvgIpc) is 2.60. The lowest BCUT2D eigenvalue weighted by Gasteiger charge is -2.13. The fourth-order valence-electron chi connectivity index (χ4n) is 2.40. The molecule has 0 heterocycles. The Hall–Kier alpha value is -2.37. The lowest BCUT2D eigenvalue weighted by atomic mass is 10.1. The van der Waals surface area contributed by atoms with Crippen LogP contribution in [0.1, 0.15) is 19.8 Å². The first kappa shape index (κ1) is 20.7. The number of halogens is 1. The van der Waals surface area contributed by atoms with Gasteiger partial charge in [0.05, 0.1) is 6.54 Å². The summed E-state index contributed by atoms with van der Waals surface area (Å²) in [6.45, 7) is 1.88. The number of carboxylic acids is 1. The van der Waals surface area contributed by atoms with E-state index in [2.05, 4.69) is 10.6 Å². The number of hydrogen-bond acceptors (Lipinski definition) is 3. The molecule has 2 rings (SSSR count). The van der Waals surface area contributed by atoms with E-state index in [0.29, 0.717) is 12.1 Å². The van der Waals surface area contributed by atoms with Crippen LogP contribution in [0.25, 0.3) is 11.1 Å². The molecule has 6 heteroatoms. The number of carboxylic acid groups (broad SMARTS) is 1. The molecule has 5 nitrogen and oxygen atoms in total. The highest BCUT2D eigenvalue weighted by molar-refractivity contribution is 5.92. The van der Waals surface area contributed by atoms with Crippen LogP contribution in [0, 0.1) is 0 Å². The second-order valence-electron chi connectivity index (χ2n) is 5.55. The van der Waals surface area contributed by atoms with Crippen molar-refractivity contribution in [1.82, 2.24) is 5.32 Å². The number of anilines is 1. The molecule has 0 saturated heterocycles. The molecule has 2 aromatic carbocycles. The molecule has 2 aromatic rings. The maximum absolute atomic E-state index is 11.9. The van der Waals surface area contributed by atoms with Gasteiger partial charge in [0.2, 0.25) is 5.91 Å². The van der Waals surface area contributed by atoms with Gasteiger partial charge < -0.3 is 10.4 Å². The summed E-state index contributed by atoms with van der Waals surface area (Å²) < 4.78 is 0. The molecule has 0 aliphatic carbocycles. The first-order chi connectivity index (χ1) is 11.6. The third-order valence-corrected chi connectivity index (χ3v) is 3.66. The van der Waals surface area contributed by atoms with Gasteiger partial charge in [-0.1, -0.05) is 55.8 Å². The third-order valence-electron chi connectivity index (χ3n) is 3.66. The zero-order valence-electron chi connectivity index (χ0n) is 14.1. The number of benzene rings is 2.